The molecule has 3 amide bonds. The van der Waals surface area contributed by atoms with Crippen molar-refractivity contribution in [2.45, 2.75) is 34.1 Å². The molecule has 1 atom stereocenters. The molecule has 1 aromatic carbocycles. The van der Waals surface area contributed by atoms with Gasteiger partial charge in [0.25, 0.3) is 0 Å². The quantitative estimate of drug-likeness (QED) is 0.780. The lowest BCUT2D eigenvalue weighted by Gasteiger charge is -2.25. The second-order valence-electron chi connectivity index (χ2n) is 6.88. The topological polar surface area (TPSA) is 60.9 Å². The lowest BCUT2D eigenvalue weighted by molar-refractivity contribution is -0.141. The Labute approximate surface area is 155 Å². The molecule has 6 nitrogen and oxygen atoms in total. The highest BCUT2D eigenvalue weighted by Crippen LogP contribution is 2.30. The SMILES string of the molecule is CCN(CC)C(=O)CN(C)C(=O)C1CC(=O)N(c2cccc(C)c2C)C1. The molecule has 0 aromatic heterocycles. The molecule has 2 rings (SSSR count). The van der Waals surface area contributed by atoms with Crippen LogP contribution >= 0.6 is 0 Å². The number of nitrogens with zero attached hydrogens (tertiary/aromatic N) is 3. The molecule has 1 heterocycles. The predicted molar refractivity (Wildman–Crippen MR) is 102 cm³/mol. The second-order valence-corrected chi connectivity index (χ2v) is 6.88. The van der Waals surface area contributed by atoms with E-state index < -0.39 is 5.92 Å². The van der Waals surface area contributed by atoms with Crippen molar-refractivity contribution in [1.29, 1.82) is 0 Å². The summed E-state index contributed by atoms with van der Waals surface area (Å²) in [6.45, 7) is 9.50. The zero-order valence-electron chi connectivity index (χ0n) is 16.4. The van der Waals surface area contributed by atoms with Gasteiger partial charge in [-0.2, -0.15) is 0 Å². The van der Waals surface area contributed by atoms with Crippen LogP contribution in [0.3, 0.4) is 0 Å². The Kier molecular flexibility index (Phi) is 6.40. The van der Waals surface area contributed by atoms with Gasteiger partial charge >= 0.3 is 0 Å². The monoisotopic (exact) mass is 359 g/mol. The number of rotatable bonds is 6. The van der Waals surface area contributed by atoms with E-state index in [0.717, 1.165) is 16.8 Å². The minimum absolute atomic E-state index is 0.0412. The molecule has 0 saturated carbocycles. The lowest BCUT2D eigenvalue weighted by atomic mass is 10.1. The highest BCUT2D eigenvalue weighted by Gasteiger charge is 2.37. The first kappa shape index (κ1) is 19.9. The van der Waals surface area contributed by atoms with Crippen molar-refractivity contribution in [2.75, 3.05) is 38.1 Å². The molecule has 0 spiro atoms. The van der Waals surface area contributed by atoms with Crippen LogP contribution in [-0.2, 0) is 14.4 Å². The predicted octanol–water partition coefficient (Wildman–Crippen LogP) is 1.98. The standard InChI is InChI=1S/C20H29N3O3/c1-6-22(7-2)19(25)13-21(5)20(26)16-11-18(24)23(12-16)17-10-8-9-14(3)15(17)4/h8-10,16H,6-7,11-13H2,1-5H3. The number of aryl methyl sites for hydroxylation is 1. The molecule has 0 radical (unpaired) electrons. The van der Waals surface area contributed by atoms with E-state index in [1.165, 1.54) is 4.90 Å². The summed E-state index contributed by atoms with van der Waals surface area (Å²) < 4.78 is 0. The number of amides is 3. The van der Waals surface area contributed by atoms with Gasteiger partial charge in [-0.05, 0) is 44.9 Å². The van der Waals surface area contributed by atoms with Crippen LogP contribution in [-0.4, -0.2) is 60.7 Å². The van der Waals surface area contributed by atoms with E-state index in [1.54, 1.807) is 16.8 Å². The number of anilines is 1. The van der Waals surface area contributed by atoms with Crippen LogP contribution in [0.1, 0.15) is 31.4 Å². The number of carbonyl (C=O) groups excluding carboxylic acids is 3. The Morgan fingerprint density at radius 3 is 2.46 bits per heavy atom. The number of likely N-dealkylation sites (N-methyl/N-ethyl adjacent to an activating group) is 2. The number of benzene rings is 1. The zero-order chi connectivity index (χ0) is 19.4. The van der Waals surface area contributed by atoms with Crippen molar-refractivity contribution in [3.63, 3.8) is 0 Å². The van der Waals surface area contributed by atoms with E-state index in [2.05, 4.69) is 0 Å². The Hall–Kier alpha value is -2.37. The maximum absolute atomic E-state index is 12.7. The molecule has 1 fully saturated rings. The molecule has 1 aromatic rings. The molecule has 6 heteroatoms. The van der Waals surface area contributed by atoms with Crippen LogP contribution in [0.25, 0.3) is 0 Å². The summed E-state index contributed by atoms with van der Waals surface area (Å²) in [4.78, 5) is 42.3. The number of hydrogen-bond acceptors (Lipinski definition) is 3. The summed E-state index contributed by atoms with van der Waals surface area (Å²) in [6, 6.07) is 5.85. The van der Waals surface area contributed by atoms with Crippen LogP contribution in [0.5, 0.6) is 0 Å². The van der Waals surface area contributed by atoms with Gasteiger partial charge in [-0.1, -0.05) is 12.1 Å². The third-order valence-electron chi connectivity index (χ3n) is 5.21. The molecule has 1 saturated heterocycles. The molecule has 0 bridgehead atoms. The van der Waals surface area contributed by atoms with Crippen LogP contribution in [0.15, 0.2) is 18.2 Å². The molecule has 0 aliphatic carbocycles. The van der Waals surface area contributed by atoms with Gasteiger partial charge in [0.15, 0.2) is 0 Å². The highest BCUT2D eigenvalue weighted by molar-refractivity contribution is 6.01. The first-order chi connectivity index (χ1) is 12.3. The average molecular weight is 359 g/mol. The van der Waals surface area contributed by atoms with E-state index in [1.807, 2.05) is 45.9 Å². The van der Waals surface area contributed by atoms with Crippen LogP contribution in [0.4, 0.5) is 5.69 Å². The fraction of sp³-hybridized carbons (Fsp3) is 0.550. The van der Waals surface area contributed by atoms with Gasteiger partial charge in [0.1, 0.15) is 0 Å². The molecule has 0 N–H and O–H groups in total. The Morgan fingerprint density at radius 1 is 1.19 bits per heavy atom. The minimum atomic E-state index is -0.406. The van der Waals surface area contributed by atoms with Crippen molar-refractivity contribution < 1.29 is 14.4 Å². The largest absolute Gasteiger partial charge is 0.342 e. The zero-order valence-corrected chi connectivity index (χ0v) is 16.4. The van der Waals surface area contributed by atoms with Crippen molar-refractivity contribution in [3.05, 3.63) is 29.3 Å². The van der Waals surface area contributed by atoms with Gasteiger partial charge in [0, 0.05) is 38.8 Å². The normalized spacial score (nSPS) is 16.7. The third-order valence-corrected chi connectivity index (χ3v) is 5.21. The third kappa shape index (κ3) is 4.06. The van der Waals surface area contributed by atoms with Crippen LogP contribution in [0.2, 0.25) is 0 Å². The van der Waals surface area contributed by atoms with E-state index >= 15 is 0 Å². The molecule has 1 aliphatic heterocycles. The summed E-state index contributed by atoms with van der Waals surface area (Å²) >= 11 is 0. The van der Waals surface area contributed by atoms with E-state index in [0.29, 0.717) is 19.6 Å². The number of carbonyl (C=O) groups is 3. The van der Waals surface area contributed by atoms with Crippen LogP contribution in [0, 0.1) is 19.8 Å². The maximum atomic E-state index is 12.7. The Bertz CT molecular complexity index is 698. The van der Waals surface area contributed by atoms with Gasteiger partial charge in [-0.3, -0.25) is 14.4 Å². The summed E-state index contributed by atoms with van der Waals surface area (Å²) in [5.41, 5.74) is 3.04. The fourth-order valence-electron chi connectivity index (χ4n) is 3.40. The highest BCUT2D eigenvalue weighted by atomic mass is 16.2. The Morgan fingerprint density at radius 2 is 1.85 bits per heavy atom. The van der Waals surface area contributed by atoms with Crippen molar-refractivity contribution >= 4 is 23.4 Å². The molecular weight excluding hydrogens is 330 g/mol. The smallest absolute Gasteiger partial charge is 0.242 e. The van der Waals surface area contributed by atoms with Gasteiger partial charge < -0.3 is 14.7 Å². The Balaban J connectivity index is 2.06. The van der Waals surface area contributed by atoms with Crippen molar-refractivity contribution in [3.8, 4) is 0 Å². The summed E-state index contributed by atoms with van der Waals surface area (Å²) in [7, 11) is 1.63. The van der Waals surface area contributed by atoms with Gasteiger partial charge in [-0.15, -0.1) is 0 Å². The second kappa shape index (κ2) is 8.34. The summed E-state index contributed by atoms with van der Waals surface area (Å²) in [5.74, 6) is -0.661. The van der Waals surface area contributed by atoms with Crippen molar-refractivity contribution in [2.24, 2.45) is 5.92 Å². The molecular formula is C20H29N3O3. The molecule has 142 valence electrons. The average Bonchev–Trinajstić information content (AvgIpc) is 2.99. The summed E-state index contributed by atoms with van der Waals surface area (Å²) in [5, 5.41) is 0. The van der Waals surface area contributed by atoms with E-state index in [-0.39, 0.29) is 30.7 Å². The first-order valence-corrected chi connectivity index (χ1v) is 9.19. The first-order valence-electron chi connectivity index (χ1n) is 9.19. The molecule has 1 unspecified atom stereocenters. The van der Waals surface area contributed by atoms with Gasteiger partial charge in [-0.25, -0.2) is 0 Å². The minimum Gasteiger partial charge on any atom is -0.342 e. The fourth-order valence-corrected chi connectivity index (χ4v) is 3.40. The number of hydrogen-bond donors (Lipinski definition) is 0. The molecule has 26 heavy (non-hydrogen) atoms. The molecule has 1 aliphatic rings. The van der Waals surface area contributed by atoms with E-state index in [4.69, 9.17) is 0 Å². The van der Waals surface area contributed by atoms with Crippen molar-refractivity contribution in [1.82, 2.24) is 9.80 Å². The van der Waals surface area contributed by atoms with Crippen LogP contribution < -0.4 is 4.90 Å². The van der Waals surface area contributed by atoms with E-state index in [9.17, 15) is 14.4 Å². The summed E-state index contributed by atoms with van der Waals surface area (Å²) in [6.07, 6.45) is 0.190. The van der Waals surface area contributed by atoms with Gasteiger partial charge in [0.05, 0.1) is 12.5 Å². The lowest BCUT2D eigenvalue weighted by Crippen LogP contribution is -2.43. The maximum Gasteiger partial charge on any atom is 0.242 e. The van der Waals surface area contributed by atoms with Gasteiger partial charge in [0.2, 0.25) is 17.7 Å².